The lowest BCUT2D eigenvalue weighted by Crippen LogP contribution is -2.15. The Bertz CT molecular complexity index is 1110. The number of thioether (sulfide) groups is 1. The third-order valence-electron chi connectivity index (χ3n) is 4.53. The van der Waals surface area contributed by atoms with Crippen molar-refractivity contribution >= 4 is 56.5 Å². The van der Waals surface area contributed by atoms with E-state index in [1.165, 1.54) is 29.3 Å². The maximum atomic E-state index is 12.4. The summed E-state index contributed by atoms with van der Waals surface area (Å²) in [5.74, 6) is 1.71. The number of H-pyrrole nitrogens is 1. The predicted octanol–water partition coefficient (Wildman–Crippen LogP) is 4.01. The third kappa shape index (κ3) is 3.90. The minimum absolute atomic E-state index is 0.0719. The lowest BCUT2D eigenvalue weighted by Gasteiger charge is -2.08. The molecule has 6 nitrogen and oxygen atoms in total. The highest BCUT2D eigenvalue weighted by atomic mass is 35.5. The number of carbonyl (C=O) groups excluding carboxylic acids is 1. The summed E-state index contributed by atoms with van der Waals surface area (Å²) in [5.41, 5.74) is 1.71. The van der Waals surface area contributed by atoms with Gasteiger partial charge in [-0.2, -0.15) is 0 Å². The van der Waals surface area contributed by atoms with Gasteiger partial charge in [0.2, 0.25) is 5.91 Å². The molecule has 0 bridgehead atoms. The zero-order chi connectivity index (χ0) is 19.7. The van der Waals surface area contributed by atoms with Gasteiger partial charge < -0.3 is 15.0 Å². The Balaban J connectivity index is 1.36. The van der Waals surface area contributed by atoms with E-state index >= 15 is 0 Å². The number of ether oxygens (including phenoxy) is 1. The van der Waals surface area contributed by atoms with Gasteiger partial charge in [-0.1, -0.05) is 11.6 Å². The number of carbonyl (C=O) groups is 1. The van der Waals surface area contributed by atoms with Gasteiger partial charge in [-0.25, -0.2) is 4.98 Å². The van der Waals surface area contributed by atoms with Crippen LogP contribution < -0.4 is 15.6 Å². The molecule has 0 unspecified atom stereocenters. The Kier molecular flexibility index (Phi) is 5.61. The number of aryl methyl sites for hydroxylation is 2. The molecular weight excluding hydrogens is 418 g/mol. The lowest BCUT2D eigenvalue weighted by atomic mass is 10.2. The van der Waals surface area contributed by atoms with Crippen LogP contribution in [0.5, 0.6) is 5.75 Å². The number of hydrogen-bond donors (Lipinski definition) is 2. The van der Waals surface area contributed by atoms with Gasteiger partial charge in [0, 0.05) is 10.6 Å². The van der Waals surface area contributed by atoms with E-state index in [0.717, 1.165) is 29.5 Å². The molecule has 2 heterocycles. The van der Waals surface area contributed by atoms with Crippen molar-refractivity contribution in [2.75, 3.05) is 18.2 Å². The van der Waals surface area contributed by atoms with Crippen LogP contribution in [0.1, 0.15) is 22.7 Å². The Morgan fingerprint density at radius 3 is 3.07 bits per heavy atom. The normalized spacial score (nSPS) is 12.9. The van der Waals surface area contributed by atoms with E-state index < -0.39 is 0 Å². The number of hydrogen-bond acceptors (Lipinski definition) is 6. The fourth-order valence-corrected chi connectivity index (χ4v) is 5.53. The fraction of sp³-hybridized carbons (Fsp3) is 0.316. The van der Waals surface area contributed by atoms with Crippen LogP contribution in [0.3, 0.4) is 0 Å². The largest absolute Gasteiger partial charge is 0.495 e. The molecule has 0 aliphatic heterocycles. The predicted molar refractivity (Wildman–Crippen MR) is 115 cm³/mol. The summed E-state index contributed by atoms with van der Waals surface area (Å²) in [5, 5.41) is 3.98. The summed E-state index contributed by atoms with van der Waals surface area (Å²) in [4.78, 5) is 34.1. The number of aromatic nitrogens is 2. The number of rotatable bonds is 6. The zero-order valence-corrected chi connectivity index (χ0v) is 17.5. The topological polar surface area (TPSA) is 84.1 Å². The molecule has 2 aromatic heterocycles. The molecule has 3 aromatic rings. The van der Waals surface area contributed by atoms with Gasteiger partial charge in [-0.05, 0) is 43.0 Å². The first-order chi connectivity index (χ1) is 13.5. The SMILES string of the molecule is COc1ccc(NC(=O)CSCc2nc3sc4c(c3c(=O)[nH]2)CCC4)cc1Cl. The van der Waals surface area contributed by atoms with Crippen molar-refractivity contribution in [1.82, 2.24) is 9.97 Å². The number of methoxy groups -OCH3 is 1. The van der Waals surface area contributed by atoms with Gasteiger partial charge >= 0.3 is 0 Å². The summed E-state index contributed by atoms with van der Waals surface area (Å²) in [6.07, 6.45) is 3.11. The highest BCUT2D eigenvalue weighted by Crippen LogP contribution is 2.34. The van der Waals surface area contributed by atoms with Crippen molar-refractivity contribution in [3.8, 4) is 5.75 Å². The molecule has 1 aromatic carbocycles. The molecule has 2 N–H and O–H groups in total. The molecule has 4 rings (SSSR count). The number of fused-ring (bicyclic) bond motifs is 3. The van der Waals surface area contributed by atoms with Crippen LogP contribution in [-0.4, -0.2) is 28.7 Å². The van der Waals surface area contributed by atoms with Crippen LogP contribution in [0.25, 0.3) is 10.2 Å². The molecule has 0 saturated carbocycles. The average molecular weight is 436 g/mol. The summed E-state index contributed by atoms with van der Waals surface area (Å²) >= 11 is 9.08. The van der Waals surface area contributed by atoms with Crippen LogP contribution >= 0.6 is 34.7 Å². The summed E-state index contributed by atoms with van der Waals surface area (Å²) < 4.78 is 5.09. The van der Waals surface area contributed by atoms with E-state index in [0.29, 0.717) is 28.0 Å². The molecule has 28 heavy (non-hydrogen) atoms. The Morgan fingerprint density at radius 2 is 2.29 bits per heavy atom. The average Bonchev–Trinajstić information content (AvgIpc) is 3.22. The number of benzene rings is 1. The van der Waals surface area contributed by atoms with Gasteiger partial charge in [-0.3, -0.25) is 9.59 Å². The first kappa shape index (κ1) is 19.3. The number of nitrogens with one attached hydrogen (secondary N) is 2. The molecule has 0 fully saturated rings. The van der Waals surface area contributed by atoms with Crippen LogP contribution in [-0.2, 0) is 23.4 Å². The van der Waals surface area contributed by atoms with E-state index in [4.69, 9.17) is 16.3 Å². The molecule has 0 atom stereocenters. The van der Waals surface area contributed by atoms with Crippen molar-refractivity contribution in [3.63, 3.8) is 0 Å². The smallest absolute Gasteiger partial charge is 0.259 e. The molecule has 1 aliphatic carbocycles. The maximum absolute atomic E-state index is 12.4. The van der Waals surface area contributed by atoms with Crippen molar-refractivity contribution in [1.29, 1.82) is 0 Å². The van der Waals surface area contributed by atoms with Crippen LogP contribution in [0, 0.1) is 0 Å². The van der Waals surface area contributed by atoms with E-state index in [-0.39, 0.29) is 17.2 Å². The van der Waals surface area contributed by atoms with Crippen molar-refractivity contribution in [2.45, 2.75) is 25.0 Å². The van der Waals surface area contributed by atoms with Gasteiger partial charge in [-0.15, -0.1) is 23.1 Å². The first-order valence-electron chi connectivity index (χ1n) is 8.79. The number of amides is 1. The lowest BCUT2D eigenvalue weighted by molar-refractivity contribution is -0.113. The quantitative estimate of drug-likeness (QED) is 0.611. The molecule has 0 spiro atoms. The van der Waals surface area contributed by atoms with Crippen LogP contribution in [0.15, 0.2) is 23.0 Å². The van der Waals surface area contributed by atoms with Crippen molar-refractivity contribution in [2.24, 2.45) is 0 Å². The van der Waals surface area contributed by atoms with E-state index in [1.807, 2.05) is 0 Å². The molecular formula is C19H18ClN3O3S2. The van der Waals surface area contributed by atoms with E-state index in [9.17, 15) is 9.59 Å². The number of anilines is 1. The molecule has 1 aliphatic rings. The van der Waals surface area contributed by atoms with Crippen LogP contribution in [0.4, 0.5) is 5.69 Å². The van der Waals surface area contributed by atoms with Gasteiger partial charge in [0.25, 0.3) is 5.56 Å². The second-order valence-corrected chi connectivity index (χ2v) is 8.92. The van der Waals surface area contributed by atoms with E-state index in [2.05, 4.69) is 15.3 Å². The minimum Gasteiger partial charge on any atom is -0.495 e. The van der Waals surface area contributed by atoms with Crippen LogP contribution in [0.2, 0.25) is 5.02 Å². The van der Waals surface area contributed by atoms with E-state index in [1.54, 1.807) is 29.5 Å². The first-order valence-corrected chi connectivity index (χ1v) is 11.1. The Hall–Kier alpha value is -2.03. The minimum atomic E-state index is -0.148. The second kappa shape index (κ2) is 8.14. The zero-order valence-electron chi connectivity index (χ0n) is 15.1. The monoisotopic (exact) mass is 435 g/mol. The Morgan fingerprint density at radius 1 is 1.43 bits per heavy atom. The number of halogens is 1. The van der Waals surface area contributed by atoms with Crippen molar-refractivity contribution in [3.05, 3.63) is 49.8 Å². The summed E-state index contributed by atoms with van der Waals surface area (Å²) in [7, 11) is 1.54. The molecule has 146 valence electrons. The summed E-state index contributed by atoms with van der Waals surface area (Å²) in [6.45, 7) is 0. The standard InChI is InChI=1S/C19H18ClN3O3S2/c1-26-13-6-5-10(7-12(13)20)21-16(24)9-27-8-15-22-18(25)17-11-3-2-4-14(11)28-19(17)23-15/h5-7H,2-4,8-9H2,1H3,(H,21,24)(H,22,23,25). The number of aromatic amines is 1. The molecule has 0 saturated heterocycles. The fourth-order valence-electron chi connectivity index (χ4n) is 3.30. The van der Waals surface area contributed by atoms with Crippen molar-refractivity contribution < 1.29 is 9.53 Å². The molecule has 0 radical (unpaired) electrons. The highest BCUT2D eigenvalue weighted by molar-refractivity contribution is 7.99. The third-order valence-corrected chi connectivity index (χ3v) is 6.96. The summed E-state index contributed by atoms with van der Waals surface area (Å²) in [6, 6.07) is 5.08. The molecule has 1 amide bonds. The van der Waals surface area contributed by atoms with Gasteiger partial charge in [0.1, 0.15) is 16.4 Å². The highest BCUT2D eigenvalue weighted by Gasteiger charge is 2.21. The molecule has 9 heteroatoms. The van der Waals surface area contributed by atoms with Gasteiger partial charge in [0.05, 0.1) is 29.0 Å². The van der Waals surface area contributed by atoms with Gasteiger partial charge in [0.15, 0.2) is 0 Å². The number of nitrogens with zero attached hydrogens (tertiary/aromatic N) is 1. The number of thiophene rings is 1. The Labute approximate surface area is 174 Å². The maximum Gasteiger partial charge on any atom is 0.259 e. The second-order valence-electron chi connectivity index (χ2n) is 6.44.